The number of benzene rings is 1. The number of carbonyl (C=O) groups excluding carboxylic acids is 1. The minimum Gasteiger partial charge on any atom is -0.497 e. The number of amides is 1. The largest absolute Gasteiger partial charge is 0.497 e. The van der Waals surface area contributed by atoms with Gasteiger partial charge in [-0.2, -0.15) is 5.26 Å². The van der Waals surface area contributed by atoms with Crippen LogP contribution in [-0.2, 0) is 4.79 Å². The standard InChI is InChI=1S/C15H20N2O2/c1-4-5-6-15(18)17(2)14(11-16)12-7-9-13(19-3)10-8-12/h7-10,14H,4-6H2,1-3H3. The maximum atomic E-state index is 11.9. The van der Waals surface area contributed by atoms with Crippen molar-refractivity contribution in [2.45, 2.75) is 32.2 Å². The zero-order valence-electron chi connectivity index (χ0n) is 11.7. The van der Waals surface area contributed by atoms with E-state index in [9.17, 15) is 10.1 Å². The molecule has 4 heteroatoms. The molecule has 1 atom stereocenters. The molecule has 0 bridgehead atoms. The number of rotatable bonds is 6. The van der Waals surface area contributed by atoms with E-state index in [1.165, 1.54) is 4.90 Å². The maximum Gasteiger partial charge on any atom is 0.223 e. The lowest BCUT2D eigenvalue weighted by atomic mass is 10.1. The van der Waals surface area contributed by atoms with Crippen molar-refractivity contribution in [3.63, 3.8) is 0 Å². The molecule has 19 heavy (non-hydrogen) atoms. The van der Waals surface area contributed by atoms with E-state index in [4.69, 9.17) is 4.74 Å². The fraction of sp³-hybridized carbons (Fsp3) is 0.467. The minimum atomic E-state index is -0.546. The first-order valence-corrected chi connectivity index (χ1v) is 6.43. The Labute approximate surface area is 114 Å². The lowest BCUT2D eigenvalue weighted by Crippen LogP contribution is -2.30. The molecule has 0 heterocycles. The third-order valence-corrected chi connectivity index (χ3v) is 3.08. The summed E-state index contributed by atoms with van der Waals surface area (Å²) in [7, 11) is 3.27. The number of nitriles is 1. The molecule has 102 valence electrons. The molecule has 4 nitrogen and oxygen atoms in total. The van der Waals surface area contributed by atoms with Crippen molar-refractivity contribution in [2.24, 2.45) is 0 Å². The van der Waals surface area contributed by atoms with Crippen LogP contribution < -0.4 is 4.74 Å². The molecule has 0 fully saturated rings. The average Bonchev–Trinajstić information content (AvgIpc) is 2.46. The van der Waals surface area contributed by atoms with Gasteiger partial charge >= 0.3 is 0 Å². The van der Waals surface area contributed by atoms with Crippen LogP contribution in [0, 0.1) is 11.3 Å². The Morgan fingerprint density at radius 1 is 1.42 bits per heavy atom. The summed E-state index contributed by atoms with van der Waals surface area (Å²) in [6, 6.07) is 8.85. The van der Waals surface area contributed by atoms with Gasteiger partial charge in [0.2, 0.25) is 5.91 Å². The van der Waals surface area contributed by atoms with Crippen molar-refractivity contribution in [1.29, 1.82) is 5.26 Å². The lowest BCUT2D eigenvalue weighted by Gasteiger charge is -2.23. The van der Waals surface area contributed by atoms with Gasteiger partial charge in [-0.25, -0.2) is 0 Å². The molecular weight excluding hydrogens is 240 g/mol. The zero-order valence-corrected chi connectivity index (χ0v) is 11.7. The van der Waals surface area contributed by atoms with Crippen molar-refractivity contribution in [3.8, 4) is 11.8 Å². The highest BCUT2D eigenvalue weighted by molar-refractivity contribution is 5.76. The average molecular weight is 260 g/mol. The summed E-state index contributed by atoms with van der Waals surface area (Å²) in [5.41, 5.74) is 0.802. The van der Waals surface area contributed by atoms with Crippen LogP contribution >= 0.6 is 0 Å². The van der Waals surface area contributed by atoms with E-state index in [-0.39, 0.29) is 5.91 Å². The predicted octanol–water partition coefficient (Wildman–Crippen LogP) is 2.91. The summed E-state index contributed by atoms with van der Waals surface area (Å²) >= 11 is 0. The number of ether oxygens (including phenoxy) is 1. The molecule has 1 aromatic carbocycles. The Bertz CT molecular complexity index is 448. The Kier molecular flexibility index (Phi) is 5.87. The second kappa shape index (κ2) is 7.42. The highest BCUT2D eigenvalue weighted by Crippen LogP contribution is 2.22. The molecule has 0 aliphatic rings. The molecule has 1 rings (SSSR count). The van der Waals surface area contributed by atoms with Crippen LogP contribution in [0.2, 0.25) is 0 Å². The van der Waals surface area contributed by atoms with E-state index in [1.807, 2.05) is 19.1 Å². The number of carbonyl (C=O) groups is 1. The molecule has 0 radical (unpaired) electrons. The van der Waals surface area contributed by atoms with Crippen LogP contribution in [0.1, 0.15) is 37.8 Å². The molecular formula is C15H20N2O2. The number of unbranched alkanes of at least 4 members (excludes halogenated alkanes) is 1. The summed E-state index contributed by atoms with van der Waals surface area (Å²) in [5.74, 6) is 0.740. The molecule has 0 aliphatic carbocycles. The molecule has 1 amide bonds. The lowest BCUT2D eigenvalue weighted by molar-refractivity contribution is -0.131. The van der Waals surface area contributed by atoms with Crippen LogP contribution in [0.4, 0.5) is 0 Å². The van der Waals surface area contributed by atoms with Gasteiger partial charge in [0.15, 0.2) is 0 Å². The Balaban J connectivity index is 2.81. The fourth-order valence-electron chi connectivity index (χ4n) is 1.82. The molecule has 0 N–H and O–H groups in total. The first-order valence-electron chi connectivity index (χ1n) is 6.43. The van der Waals surface area contributed by atoms with Crippen molar-refractivity contribution < 1.29 is 9.53 Å². The van der Waals surface area contributed by atoms with Gasteiger partial charge in [0, 0.05) is 13.5 Å². The van der Waals surface area contributed by atoms with Crippen LogP contribution in [0.25, 0.3) is 0 Å². The van der Waals surface area contributed by atoms with E-state index in [0.717, 1.165) is 24.2 Å². The summed E-state index contributed by atoms with van der Waals surface area (Å²) in [5, 5.41) is 9.28. The van der Waals surface area contributed by atoms with E-state index < -0.39 is 6.04 Å². The summed E-state index contributed by atoms with van der Waals surface area (Å²) in [6.45, 7) is 2.04. The molecule has 0 spiro atoms. The number of hydrogen-bond donors (Lipinski definition) is 0. The quantitative estimate of drug-likeness (QED) is 0.790. The number of nitrogens with zero attached hydrogens (tertiary/aromatic N) is 2. The van der Waals surface area contributed by atoms with Crippen molar-refractivity contribution in [1.82, 2.24) is 4.90 Å². The van der Waals surface area contributed by atoms with Gasteiger partial charge in [-0.15, -0.1) is 0 Å². The van der Waals surface area contributed by atoms with Crippen LogP contribution in [0.3, 0.4) is 0 Å². The fourth-order valence-corrected chi connectivity index (χ4v) is 1.82. The zero-order chi connectivity index (χ0) is 14.3. The molecule has 0 saturated heterocycles. The van der Waals surface area contributed by atoms with Gasteiger partial charge in [0.25, 0.3) is 0 Å². The highest BCUT2D eigenvalue weighted by Gasteiger charge is 2.20. The van der Waals surface area contributed by atoms with Crippen LogP contribution in [0.15, 0.2) is 24.3 Å². The first-order chi connectivity index (χ1) is 9.13. The van der Waals surface area contributed by atoms with E-state index >= 15 is 0 Å². The third kappa shape index (κ3) is 3.99. The highest BCUT2D eigenvalue weighted by atomic mass is 16.5. The molecule has 0 aliphatic heterocycles. The van der Waals surface area contributed by atoms with E-state index in [1.54, 1.807) is 26.3 Å². The molecule has 0 saturated carbocycles. The Hall–Kier alpha value is -2.02. The van der Waals surface area contributed by atoms with Crippen molar-refractivity contribution in [3.05, 3.63) is 29.8 Å². The van der Waals surface area contributed by atoms with Gasteiger partial charge in [0.1, 0.15) is 11.8 Å². The van der Waals surface area contributed by atoms with E-state index in [0.29, 0.717) is 6.42 Å². The maximum absolute atomic E-state index is 11.9. The molecule has 0 aromatic heterocycles. The van der Waals surface area contributed by atoms with Gasteiger partial charge in [-0.3, -0.25) is 4.79 Å². The first kappa shape index (κ1) is 15.0. The summed E-state index contributed by atoms with van der Waals surface area (Å²) in [6.07, 6.45) is 2.31. The van der Waals surface area contributed by atoms with Gasteiger partial charge < -0.3 is 9.64 Å². The smallest absolute Gasteiger partial charge is 0.223 e. The predicted molar refractivity (Wildman–Crippen MR) is 73.6 cm³/mol. The van der Waals surface area contributed by atoms with Crippen LogP contribution in [-0.4, -0.2) is 25.0 Å². The van der Waals surface area contributed by atoms with Crippen LogP contribution in [0.5, 0.6) is 5.75 Å². The topological polar surface area (TPSA) is 53.3 Å². The Morgan fingerprint density at radius 3 is 2.53 bits per heavy atom. The monoisotopic (exact) mass is 260 g/mol. The number of hydrogen-bond acceptors (Lipinski definition) is 3. The van der Waals surface area contributed by atoms with Crippen molar-refractivity contribution >= 4 is 5.91 Å². The normalized spacial score (nSPS) is 11.5. The third-order valence-electron chi connectivity index (χ3n) is 3.08. The second-order valence-electron chi connectivity index (χ2n) is 4.41. The van der Waals surface area contributed by atoms with E-state index in [2.05, 4.69) is 6.07 Å². The SMILES string of the molecule is CCCCC(=O)N(C)C(C#N)c1ccc(OC)cc1. The van der Waals surface area contributed by atoms with Gasteiger partial charge in [-0.05, 0) is 24.1 Å². The molecule has 1 unspecified atom stereocenters. The van der Waals surface area contributed by atoms with Gasteiger partial charge in [0.05, 0.1) is 13.2 Å². The minimum absolute atomic E-state index is 0.00391. The summed E-state index contributed by atoms with van der Waals surface area (Å²) in [4.78, 5) is 13.5. The summed E-state index contributed by atoms with van der Waals surface area (Å²) < 4.78 is 5.08. The van der Waals surface area contributed by atoms with Gasteiger partial charge in [-0.1, -0.05) is 25.5 Å². The second-order valence-corrected chi connectivity index (χ2v) is 4.41. The molecule has 1 aromatic rings. The number of methoxy groups -OCH3 is 1. The Morgan fingerprint density at radius 2 is 2.05 bits per heavy atom. The van der Waals surface area contributed by atoms with Crippen molar-refractivity contribution in [2.75, 3.05) is 14.2 Å².